The first kappa shape index (κ1) is 14.4. The number of carbonyl (C=O) groups is 3. The molecule has 1 saturated heterocycles. The van der Waals surface area contributed by atoms with Crippen molar-refractivity contribution >= 4 is 17.9 Å². The number of carboxylic acids is 1. The van der Waals surface area contributed by atoms with E-state index in [0.29, 0.717) is 25.9 Å². The first-order valence-electron chi connectivity index (χ1n) is 5.96. The molecule has 0 aromatic carbocycles. The molecule has 3 amide bonds. The lowest BCUT2D eigenvalue weighted by Gasteiger charge is -2.36. The molecule has 1 heterocycles. The molecule has 1 aliphatic rings. The zero-order valence-corrected chi connectivity index (χ0v) is 10.4. The molecule has 0 bridgehead atoms. The molecule has 1 rings (SSSR count). The van der Waals surface area contributed by atoms with Crippen molar-refractivity contribution in [2.75, 3.05) is 13.1 Å². The van der Waals surface area contributed by atoms with Crippen molar-refractivity contribution in [3.63, 3.8) is 0 Å². The zero-order chi connectivity index (χ0) is 13.7. The number of nitrogens with zero attached hydrogens (tertiary/aromatic N) is 1. The fourth-order valence-electron chi connectivity index (χ4n) is 2.22. The van der Waals surface area contributed by atoms with E-state index in [1.54, 1.807) is 0 Å². The van der Waals surface area contributed by atoms with Gasteiger partial charge in [-0.1, -0.05) is 0 Å². The maximum atomic E-state index is 11.2. The van der Waals surface area contributed by atoms with Gasteiger partial charge in [-0.3, -0.25) is 14.9 Å². The molecule has 0 radical (unpaired) electrons. The predicted molar refractivity (Wildman–Crippen MR) is 63.7 cm³/mol. The number of hydrogen-bond acceptors (Lipinski definition) is 4. The van der Waals surface area contributed by atoms with Crippen molar-refractivity contribution in [3.05, 3.63) is 0 Å². The number of imide groups is 1. The van der Waals surface area contributed by atoms with Crippen LogP contribution < -0.4 is 11.1 Å². The quantitative estimate of drug-likeness (QED) is 0.643. The maximum Gasteiger partial charge on any atom is 0.318 e. The fraction of sp³-hybridized carbons (Fsp3) is 0.727. The van der Waals surface area contributed by atoms with Crippen LogP contribution in [0, 0.1) is 5.92 Å². The average molecular weight is 257 g/mol. The van der Waals surface area contributed by atoms with E-state index in [9.17, 15) is 14.4 Å². The smallest absolute Gasteiger partial charge is 0.318 e. The highest BCUT2D eigenvalue weighted by molar-refractivity contribution is 5.93. The number of nitrogens with one attached hydrogen (secondary N) is 1. The number of aliphatic carboxylic acids is 1. The van der Waals surface area contributed by atoms with Crippen LogP contribution in [-0.4, -0.2) is 47.0 Å². The molecule has 102 valence electrons. The number of urea groups is 1. The molecule has 2 atom stereocenters. The highest BCUT2D eigenvalue weighted by Gasteiger charge is 2.29. The molecule has 7 heteroatoms. The summed E-state index contributed by atoms with van der Waals surface area (Å²) in [4.78, 5) is 34.6. The van der Waals surface area contributed by atoms with Crippen LogP contribution in [0.25, 0.3) is 0 Å². The lowest BCUT2D eigenvalue weighted by molar-refractivity contribution is -0.144. The largest absolute Gasteiger partial charge is 0.481 e. The Morgan fingerprint density at radius 2 is 2.11 bits per heavy atom. The lowest BCUT2D eigenvalue weighted by Crippen LogP contribution is -2.44. The summed E-state index contributed by atoms with van der Waals surface area (Å²) in [5.74, 6) is -1.46. The Hall–Kier alpha value is -1.63. The minimum Gasteiger partial charge on any atom is -0.481 e. The number of primary amides is 1. The molecule has 4 N–H and O–H groups in total. The van der Waals surface area contributed by atoms with E-state index in [0.717, 1.165) is 0 Å². The first-order valence-corrected chi connectivity index (χ1v) is 5.96. The molecule has 2 unspecified atom stereocenters. The number of carbonyl (C=O) groups excluding carboxylic acids is 2. The number of rotatable bonds is 4. The van der Waals surface area contributed by atoms with Crippen molar-refractivity contribution < 1.29 is 19.5 Å². The number of nitrogens with two attached hydrogens (primary N) is 1. The highest BCUT2D eigenvalue weighted by Crippen LogP contribution is 2.22. The van der Waals surface area contributed by atoms with Gasteiger partial charge in [0.05, 0.1) is 5.92 Å². The molecular formula is C11H19N3O4. The van der Waals surface area contributed by atoms with Crippen LogP contribution in [0.15, 0.2) is 0 Å². The molecule has 0 aromatic heterocycles. The van der Waals surface area contributed by atoms with Crippen LogP contribution in [0.2, 0.25) is 0 Å². The highest BCUT2D eigenvalue weighted by atomic mass is 16.4. The molecule has 7 nitrogen and oxygen atoms in total. The zero-order valence-electron chi connectivity index (χ0n) is 10.4. The summed E-state index contributed by atoms with van der Waals surface area (Å²) in [6, 6.07) is -0.723. The summed E-state index contributed by atoms with van der Waals surface area (Å²) in [6.07, 6.45) is 1.37. The molecule has 0 aromatic rings. The Morgan fingerprint density at radius 3 is 2.61 bits per heavy atom. The summed E-state index contributed by atoms with van der Waals surface area (Å²) in [5, 5.41) is 10.9. The second kappa shape index (κ2) is 6.34. The number of likely N-dealkylation sites (tertiary alicyclic amines) is 1. The van der Waals surface area contributed by atoms with Gasteiger partial charge in [0.2, 0.25) is 5.91 Å². The minimum atomic E-state index is -0.849. The topological polar surface area (TPSA) is 113 Å². The minimum absolute atomic E-state index is 0.126. The first-order chi connectivity index (χ1) is 8.40. The average Bonchev–Trinajstić information content (AvgIpc) is 2.26. The molecule has 1 fully saturated rings. The monoisotopic (exact) mass is 257 g/mol. The van der Waals surface area contributed by atoms with E-state index in [-0.39, 0.29) is 18.4 Å². The van der Waals surface area contributed by atoms with Crippen LogP contribution in [0.5, 0.6) is 0 Å². The third-order valence-corrected chi connectivity index (χ3v) is 3.25. The molecule has 0 aliphatic carbocycles. The van der Waals surface area contributed by atoms with Gasteiger partial charge in [0, 0.05) is 19.0 Å². The van der Waals surface area contributed by atoms with Gasteiger partial charge in [0.1, 0.15) is 0 Å². The van der Waals surface area contributed by atoms with E-state index in [1.165, 1.54) is 0 Å². The fourth-order valence-corrected chi connectivity index (χ4v) is 2.22. The van der Waals surface area contributed by atoms with Gasteiger partial charge < -0.3 is 15.7 Å². The number of carboxylic acid groups (broad SMARTS) is 1. The van der Waals surface area contributed by atoms with E-state index >= 15 is 0 Å². The number of amides is 3. The SMILES string of the molecule is CC1CC(C(=O)O)CCN1CCC(=O)NC(N)=O. The van der Waals surface area contributed by atoms with Crippen molar-refractivity contribution in [3.8, 4) is 0 Å². The van der Waals surface area contributed by atoms with Gasteiger partial charge in [-0.25, -0.2) is 4.79 Å². The van der Waals surface area contributed by atoms with Crippen molar-refractivity contribution in [2.45, 2.75) is 32.2 Å². The summed E-state index contributed by atoms with van der Waals surface area (Å²) < 4.78 is 0. The second-order valence-electron chi connectivity index (χ2n) is 4.61. The van der Waals surface area contributed by atoms with Crippen LogP contribution in [-0.2, 0) is 9.59 Å². The van der Waals surface area contributed by atoms with Crippen molar-refractivity contribution in [2.24, 2.45) is 11.7 Å². The summed E-state index contributed by atoms with van der Waals surface area (Å²) >= 11 is 0. The number of piperidine rings is 1. The van der Waals surface area contributed by atoms with Crippen LogP contribution in [0.1, 0.15) is 26.2 Å². The van der Waals surface area contributed by atoms with E-state index < -0.39 is 17.9 Å². The molecule has 1 aliphatic heterocycles. The van der Waals surface area contributed by atoms with Gasteiger partial charge in [0.15, 0.2) is 0 Å². The van der Waals surface area contributed by atoms with Gasteiger partial charge >= 0.3 is 12.0 Å². The molecule has 0 saturated carbocycles. The van der Waals surface area contributed by atoms with Gasteiger partial charge in [-0.15, -0.1) is 0 Å². The molecule has 0 spiro atoms. The Kier molecular flexibility index (Phi) is 5.08. The Bertz CT molecular complexity index is 345. The Labute approximate surface area is 105 Å². The van der Waals surface area contributed by atoms with E-state index in [2.05, 4.69) is 4.90 Å². The van der Waals surface area contributed by atoms with Gasteiger partial charge in [-0.2, -0.15) is 0 Å². The van der Waals surface area contributed by atoms with Crippen LogP contribution in [0.3, 0.4) is 0 Å². The number of hydrogen-bond donors (Lipinski definition) is 3. The van der Waals surface area contributed by atoms with Crippen LogP contribution in [0.4, 0.5) is 4.79 Å². The van der Waals surface area contributed by atoms with Gasteiger partial charge in [0.25, 0.3) is 0 Å². The normalized spacial score (nSPS) is 24.5. The lowest BCUT2D eigenvalue weighted by atomic mass is 9.91. The third kappa shape index (κ3) is 4.33. The Morgan fingerprint density at radius 1 is 1.44 bits per heavy atom. The van der Waals surface area contributed by atoms with Crippen molar-refractivity contribution in [1.29, 1.82) is 0 Å². The van der Waals surface area contributed by atoms with Crippen LogP contribution >= 0.6 is 0 Å². The third-order valence-electron chi connectivity index (χ3n) is 3.25. The summed E-state index contributed by atoms with van der Waals surface area (Å²) in [6.45, 7) is 3.11. The standard InChI is InChI=1S/C11H19N3O4/c1-7-6-8(10(16)17)2-4-14(7)5-3-9(15)13-11(12)18/h7-8H,2-6H2,1H3,(H,16,17)(H3,12,13,15,18). The van der Waals surface area contributed by atoms with E-state index in [1.807, 2.05) is 12.2 Å². The molecule has 18 heavy (non-hydrogen) atoms. The van der Waals surface area contributed by atoms with Gasteiger partial charge in [-0.05, 0) is 26.3 Å². The van der Waals surface area contributed by atoms with Crippen molar-refractivity contribution in [1.82, 2.24) is 10.2 Å². The second-order valence-corrected chi connectivity index (χ2v) is 4.61. The summed E-state index contributed by atoms with van der Waals surface area (Å²) in [7, 11) is 0. The Balaban J connectivity index is 2.34. The van der Waals surface area contributed by atoms with E-state index in [4.69, 9.17) is 10.8 Å². The maximum absolute atomic E-state index is 11.2. The predicted octanol–water partition coefficient (Wildman–Crippen LogP) is -0.243. The summed E-state index contributed by atoms with van der Waals surface area (Å²) in [5.41, 5.74) is 4.83. The molecular weight excluding hydrogens is 238 g/mol.